The highest BCUT2D eigenvalue weighted by molar-refractivity contribution is 6.32. The Hall–Kier alpha value is -4.01. The zero-order chi connectivity index (χ0) is 30.1. The Labute approximate surface area is 254 Å². The number of nitrogens with zero attached hydrogens (tertiary/aromatic N) is 4. The molecule has 222 valence electrons. The van der Waals surface area contributed by atoms with Gasteiger partial charge in [-0.15, -0.1) is 5.11 Å². The van der Waals surface area contributed by atoms with Gasteiger partial charge in [0.15, 0.2) is 6.17 Å². The van der Waals surface area contributed by atoms with Crippen LogP contribution in [0.1, 0.15) is 40.2 Å². The SMILES string of the molecule is FC(F)(F)c1cccc(CN(CCCOc2cccc(CC3N=CN=N3)c2)CC(c2ccccc2)c2ccccc2)c1Cl. The van der Waals surface area contributed by atoms with Crippen molar-refractivity contribution < 1.29 is 17.9 Å². The van der Waals surface area contributed by atoms with E-state index in [0.717, 1.165) is 28.5 Å². The summed E-state index contributed by atoms with van der Waals surface area (Å²) in [4.78, 5) is 6.37. The van der Waals surface area contributed by atoms with Gasteiger partial charge in [-0.05, 0) is 46.9 Å². The number of ether oxygens (including phenoxy) is 1. The van der Waals surface area contributed by atoms with E-state index in [1.807, 2.05) is 60.7 Å². The maximum atomic E-state index is 13.6. The monoisotopic (exact) mass is 604 g/mol. The van der Waals surface area contributed by atoms with E-state index in [2.05, 4.69) is 44.4 Å². The van der Waals surface area contributed by atoms with Gasteiger partial charge in [0, 0.05) is 32.0 Å². The zero-order valence-electron chi connectivity index (χ0n) is 23.5. The van der Waals surface area contributed by atoms with Gasteiger partial charge in [-0.1, -0.05) is 96.5 Å². The lowest BCUT2D eigenvalue weighted by Gasteiger charge is -2.29. The third kappa shape index (κ3) is 8.52. The molecule has 0 amide bonds. The summed E-state index contributed by atoms with van der Waals surface area (Å²) in [6.07, 6.45) is -1.96. The highest BCUT2D eigenvalue weighted by Crippen LogP contribution is 2.37. The molecule has 4 aromatic rings. The van der Waals surface area contributed by atoms with Gasteiger partial charge in [0.1, 0.15) is 12.1 Å². The molecule has 0 radical (unpaired) electrons. The van der Waals surface area contributed by atoms with Crippen LogP contribution < -0.4 is 4.74 Å². The molecule has 9 heteroatoms. The number of rotatable bonds is 13. The Morgan fingerprint density at radius 1 is 0.860 bits per heavy atom. The minimum atomic E-state index is -4.52. The van der Waals surface area contributed by atoms with Crippen molar-refractivity contribution in [1.29, 1.82) is 0 Å². The molecule has 0 aliphatic carbocycles. The van der Waals surface area contributed by atoms with Gasteiger partial charge in [0.2, 0.25) is 0 Å². The lowest BCUT2D eigenvalue weighted by atomic mass is 9.90. The predicted molar refractivity (Wildman–Crippen MR) is 164 cm³/mol. The summed E-state index contributed by atoms with van der Waals surface area (Å²) in [5.74, 6) is 0.760. The maximum absolute atomic E-state index is 13.6. The Balaban J connectivity index is 1.32. The highest BCUT2D eigenvalue weighted by Gasteiger charge is 2.34. The molecule has 5 rings (SSSR count). The first kappa shape index (κ1) is 30.4. The lowest BCUT2D eigenvalue weighted by molar-refractivity contribution is -0.137. The van der Waals surface area contributed by atoms with Crippen LogP contribution in [0, 0.1) is 0 Å². The van der Waals surface area contributed by atoms with Crippen molar-refractivity contribution in [2.24, 2.45) is 15.2 Å². The molecule has 1 atom stereocenters. The third-order valence-corrected chi connectivity index (χ3v) is 7.76. The second kappa shape index (κ2) is 14.4. The summed E-state index contributed by atoms with van der Waals surface area (Å²) in [5, 5.41) is 7.62. The smallest absolute Gasteiger partial charge is 0.417 e. The number of hydrogen-bond acceptors (Lipinski definition) is 5. The van der Waals surface area contributed by atoms with Crippen LogP contribution in [-0.4, -0.2) is 37.1 Å². The fraction of sp³-hybridized carbons (Fsp3) is 0.265. The Morgan fingerprint density at radius 3 is 2.21 bits per heavy atom. The average molecular weight is 605 g/mol. The average Bonchev–Trinajstić information content (AvgIpc) is 3.52. The van der Waals surface area contributed by atoms with Crippen molar-refractivity contribution in [1.82, 2.24) is 4.90 Å². The van der Waals surface area contributed by atoms with Gasteiger partial charge in [-0.2, -0.15) is 18.3 Å². The maximum Gasteiger partial charge on any atom is 0.417 e. The van der Waals surface area contributed by atoms with Crippen LogP contribution in [0.4, 0.5) is 13.2 Å². The molecule has 0 spiro atoms. The van der Waals surface area contributed by atoms with Gasteiger partial charge < -0.3 is 4.74 Å². The lowest BCUT2D eigenvalue weighted by Crippen LogP contribution is -2.31. The first-order chi connectivity index (χ1) is 20.9. The van der Waals surface area contributed by atoms with Crippen molar-refractivity contribution >= 4 is 17.9 Å². The van der Waals surface area contributed by atoms with Crippen LogP contribution in [0.2, 0.25) is 5.02 Å². The van der Waals surface area contributed by atoms with Crippen LogP contribution in [0.5, 0.6) is 5.75 Å². The summed E-state index contributed by atoms with van der Waals surface area (Å²) >= 11 is 6.33. The van der Waals surface area contributed by atoms with Crippen molar-refractivity contribution in [2.75, 3.05) is 19.7 Å². The minimum absolute atomic E-state index is 0.0139. The van der Waals surface area contributed by atoms with Crippen LogP contribution >= 0.6 is 11.6 Å². The van der Waals surface area contributed by atoms with Gasteiger partial charge in [0.05, 0.1) is 17.2 Å². The fourth-order valence-electron chi connectivity index (χ4n) is 5.22. The molecule has 0 N–H and O–H groups in total. The van der Waals surface area contributed by atoms with E-state index in [1.54, 1.807) is 6.07 Å². The van der Waals surface area contributed by atoms with E-state index in [1.165, 1.54) is 12.4 Å². The van der Waals surface area contributed by atoms with E-state index in [9.17, 15) is 13.2 Å². The zero-order valence-corrected chi connectivity index (χ0v) is 24.3. The van der Waals surface area contributed by atoms with E-state index in [4.69, 9.17) is 16.3 Å². The molecule has 1 aliphatic heterocycles. The first-order valence-electron chi connectivity index (χ1n) is 14.2. The van der Waals surface area contributed by atoms with Gasteiger partial charge in [-0.25, -0.2) is 4.99 Å². The Morgan fingerprint density at radius 2 is 1.56 bits per heavy atom. The predicted octanol–water partition coefficient (Wildman–Crippen LogP) is 8.82. The molecule has 5 nitrogen and oxygen atoms in total. The Kier molecular flexibility index (Phi) is 10.2. The van der Waals surface area contributed by atoms with Gasteiger partial charge in [0.25, 0.3) is 0 Å². The van der Waals surface area contributed by atoms with E-state index in [-0.39, 0.29) is 23.7 Å². The molecule has 1 aliphatic rings. The molecule has 0 saturated carbocycles. The van der Waals surface area contributed by atoms with Crippen molar-refractivity contribution in [2.45, 2.75) is 37.6 Å². The largest absolute Gasteiger partial charge is 0.494 e. The second-order valence-corrected chi connectivity index (χ2v) is 10.8. The van der Waals surface area contributed by atoms with E-state index in [0.29, 0.717) is 38.1 Å². The van der Waals surface area contributed by atoms with Crippen molar-refractivity contribution in [3.63, 3.8) is 0 Å². The quantitative estimate of drug-likeness (QED) is 0.143. The number of hydrogen-bond donors (Lipinski definition) is 0. The first-order valence-corrected chi connectivity index (χ1v) is 14.5. The summed E-state index contributed by atoms with van der Waals surface area (Å²) in [5.41, 5.74) is 2.94. The highest BCUT2D eigenvalue weighted by atomic mass is 35.5. The molecule has 0 aromatic heterocycles. The summed E-state index contributed by atoms with van der Waals surface area (Å²) < 4.78 is 47.0. The molecule has 1 unspecified atom stereocenters. The number of halogens is 4. The topological polar surface area (TPSA) is 49.5 Å². The minimum Gasteiger partial charge on any atom is -0.494 e. The number of azo groups is 1. The molecule has 0 saturated heterocycles. The molecule has 1 heterocycles. The number of alkyl halides is 3. The summed E-state index contributed by atoms with van der Waals surface area (Å²) in [6.45, 7) is 1.90. The standard InChI is InChI=1S/C34H32ClF3N4O/c35-33-28(15-8-17-31(33)34(36,37)38)22-42(23-30(26-11-3-1-4-12-26)27-13-5-2-6-14-27)18-9-19-43-29-16-7-10-25(20-29)21-32-39-24-40-41-32/h1-8,10-17,20,24,30,32H,9,18-19,21-23H2. The summed E-state index contributed by atoms with van der Waals surface area (Å²) in [7, 11) is 0. The van der Waals surface area contributed by atoms with E-state index >= 15 is 0 Å². The van der Waals surface area contributed by atoms with Gasteiger partial charge >= 0.3 is 6.18 Å². The van der Waals surface area contributed by atoms with E-state index < -0.39 is 11.7 Å². The van der Waals surface area contributed by atoms with Crippen molar-refractivity contribution in [3.8, 4) is 5.75 Å². The van der Waals surface area contributed by atoms with Crippen molar-refractivity contribution in [3.05, 3.63) is 136 Å². The molecule has 43 heavy (non-hydrogen) atoms. The van der Waals surface area contributed by atoms with Crippen LogP contribution in [-0.2, 0) is 19.1 Å². The number of aliphatic imine (C=N–C) groups is 1. The Bertz CT molecular complexity index is 1480. The van der Waals surface area contributed by atoms with Crippen LogP contribution in [0.3, 0.4) is 0 Å². The van der Waals surface area contributed by atoms with Crippen LogP contribution in [0.15, 0.2) is 118 Å². The van der Waals surface area contributed by atoms with Gasteiger partial charge in [-0.3, -0.25) is 4.90 Å². The number of benzene rings is 4. The normalized spacial score (nSPS) is 14.6. The summed E-state index contributed by atoms with van der Waals surface area (Å²) in [6, 6.07) is 32.2. The second-order valence-electron chi connectivity index (χ2n) is 10.4. The molecule has 0 fully saturated rings. The molecular formula is C34H32ClF3N4O. The molecule has 0 bridgehead atoms. The molecular weight excluding hydrogens is 573 g/mol. The molecule has 4 aromatic carbocycles. The van der Waals surface area contributed by atoms with Crippen LogP contribution in [0.25, 0.3) is 0 Å². The third-order valence-electron chi connectivity index (χ3n) is 7.32. The fourth-order valence-corrected chi connectivity index (χ4v) is 5.51.